The highest BCUT2D eigenvalue weighted by molar-refractivity contribution is 9.11. The lowest BCUT2D eigenvalue weighted by molar-refractivity contribution is -0.143. The summed E-state index contributed by atoms with van der Waals surface area (Å²) in [5, 5.41) is 0. The Morgan fingerprint density at radius 2 is 1.76 bits per heavy atom. The zero-order chi connectivity index (χ0) is 16.4. The first-order valence-electron chi connectivity index (χ1n) is 5.94. The maximum absolute atomic E-state index is 12.5. The van der Waals surface area contributed by atoms with Crippen LogP contribution < -0.4 is 10.5 Å². The number of rotatable bonds is 5. The van der Waals surface area contributed by atoms with Crippen LogP contribution in [-0.2, 0) is 19.6 Å². The van der Waals surface area contributed by atoms with Crippen molar-refractivity contribution in [2.45, 2.75) is 24.8 Å². The Bertz CT molecular complexity index is 624. The molecule has 1 aromatic rings. The number of nitrogens with two attached hydrogens (primary N) is 1. The van der Waals surface area contributed by atoms with Crippen LogP contribution in [0.1, 0.15) is 13.8 Å². The standard InChI is InChI=1S/C12H16Br2N2O4S/c1-6(2)10(12(17)20-3)16-21(18,19)11-8(13)4-7(15)5-9(11)14/h4-6,10,16H,15H2,1-3H3. The predicted molar refractivity (Wildman–Crippen MR) is 87.2 cm³/mol. The molecule has 0 fully saturated rings. The Hall–Kier alpha value is -0.640. The van der Waals surface area contributed by atoms with Gasteiger partial charge in [-0.1, -0.05) is 13.8 Å². The molecule has 0 bridgehead atoms. The van der Waals surface area contributed by atoms with Gasteiger partial charge < -0.3 is 10.5 Å². The number of sulfonamides is 1. The average Bonchev–Trinajstić information content (AvgIpc) is 2.33. The third-order valence-electron chi connectivity index (χ3n) is 2.69. The monoisotopic (exact) mass is 442 g/mol. The molecule has 1 unspecified atom stereocenters. The second-order valence-electron chi connectivity index (χ2n) is 4.68. The Balaban J connectivity index is 3.26. The molecule has 21 heavy (non-hydrogen) atoms. The molecule has 118 valence electrons. The van der Waals surface area contributed by atoms with Gasteiger partial charge in [0.2, 0.25) is 10.0 Å². The first-order valence-corrected chi connectivity index (χ1v) is 9.01. The fraction of sp³-hybridized carbons (Fsp3) is 0.417. The lowest BCUT2D eigenvalue weighted by Gasteiger charge is -2.20. The van der Waals surface area contributed by atoms with Crippen LogP contribution in [0.3, 0.4) is 0 Å². The molecular formula is C12H16Br2N2O4S. The van der Waals surface area contributed by atoms with E-state index in [1.807, 2.05) is 0 Å². The predicted octanol–water partition coefficient (Wildman–Crippen LogP) is 2.27. The van der Waals surface area contributed by atoms with Gasteiger partial charge >= 0.3 is 5.97 Å². The summed E-state index contributed by atoms with van der Waals surface area (Å²) >= 11 is 6.34. The van der Waals surface area contributed by atoms with Crippen molar-refractivity contribution >= 4 is 53.5 Å². The van der Waals surface area contributed by atoms with E-state index in [9.17, 15) is 13.2 Å². The minimum atomic E-state index is -3.94. The van der Waals surface area contributed by atoms with Gasteiger partial charge in [-0.15, -0.1) is 0 Å². The Labute approximate surface area is 140 Å². The first-order chi connectivity index (χ1) is 9.60. The number of nitrogen functional groups attached to an aromatic ring is 1. The summed E-state index contributed by atoms with van der Waals surface area (Å²) in [6.07, 6.45) is 0. The minimum absolute atomic E-state index is 0.0220. The van der Waals surface area contributed by atoms with Crippen molar-refractivity contribution in [3.63, 3.8) is 0 Å². The first kappa shape index (κ1) is 18.4. The molecule has 0 radical (unpaired) electrons. The molecule has 1 aromatic carbocycles. The van der Waals surface area contributed by atoms with Crippen LogP contribution in [0.5, 0.6) is 0 Å². The normalized spacial score (nSPS) is 13.2. The van der Waals surface area contributed by atoms with Crippen LogP contribution in [-0.4, -0.2) is 27.5 Å². The zero-order valence-corrected chi connectivity index (χ0v) is 15.7. The molecule has 0 aliphatic heterocycles. The fourth-order valence-corrected chi connectivity index (χ4v) is 5.60. The van der Waals surface area contributed by atoms with Gasteiger partial charge in [-0.2, -0.15) is 4.72 Å². The van der Waals surface area contributed by atoms with Crippen molar-refractivity contribution in [2.24, 2.45) is 5.92 Å². The molecular weight excluding hydrogens is 428 g/mol. The van der Waals surface area contributed by atoms with E-state index in [0.29, 0.717) is 14.6 Å². The van der Waals surface area contributed by atoms with Crippen LogP contribution in [0, 0.1) is 5.92 Å². The van der Waals surface area contributed by atoms with Crippen LogP contribution in [0.4, 0.5) is 5.69 Å². The topological polar surface area (TPSA) is 98.5 Å². The van der Waals surface area contributed by atoms with Crippen LogP contribution >= 0.6 is 31.9 Å². The molecule has 0 amide bonds. The lowest BCUT2D eigenvalue weighted by Crippen LogP contribution is -2.45. The van der Waals surface area contributed by atoms with Crippen molar-refractivity contribution < 1.29 is 17.9 Å². The van der Waals surface area contributed by atoms with Gasteiger partial charge in [0.1, 0.15) is 10.9 Å². The molecule has 9 heteroatoms. The number of anilines is 1. The largest absolute Gasteiger partial charge is 0.468 e. The van der Waals surface area contributed by atoms with E-state index in [0.717, 1.165) is 0 Å². The van der Waals surface area contributed by atoms with Crippen molar-refractivity contribution in [2.75, 3.05) is 12.8 Å². The third-order valence-corrected chi connectivity index (χ3v) is 6.01. The molecule has 0 aromatic heterocycles. The summed E-state index contributed by atoms with van der Waals surface area (Å²) in [6, 6.07) is 1.97. The van der Waals surface area contributed by atoms with Gasteiger partial charge in [-0.25, -0.2) is 8.42 Å². The quantitative estimate of drug-likeness (QED) is 0.537. The minimum Gasteiger partial charge on any atom is -0.468 e. The van der Waals surface area contributed by atoms with Crippen molar-refractivity contribution in [3.05, 3.63) is 21.1 Å². The van der Waals surface area contributed by atoms with Gasteiger partial charge in [0.05, 0.1) is 7.11 Å². The summed E-state index contributed by atoms with van der Waals surface area (Å²) in [7, 11) is -2.73. The molecule has 0 saturated carbocycles. The molecule has 0 heterocycles. The molecule has 0 spiro atoms. The highest BCUT2D eigenvalue weighted by Crippen LogP contribution is 2.32. The second kappa shape index (κ2) is 7.08. The Morgan fingerprint density at radius 1 is 1.29 bits per heavy atom. The molecule has 0 aliphatic carbocycles. The van der Waals surface area contributed by atoms with E-state index in [1.165, 1.54) is 19.2 Å². The van der Waals surface area contributed by atoms with Gasteiger partial charge in [0, 0.05) is 14.6 Å². The summed E-state index contributed by atoms with van der Waals surface area (Å²) < 4.78 is 32.6. The molecule has 6 nitrogen and oxygen atoms in total. The number of ether oxygens (including phenoxy) is 1. The number of benzene rings is 1. The summed E-state index contributed by atoms with van der Waals surface area (Å²) in [5.74, 6) is -0.908. The van der Waals surface area contributed by atoms with Gasteiger partial charge in [-0.05, 0) is 49.9 Å². The second-order valence-corrected chi connectivity index (χ2v) is 8.04. The van der Waals surface area contributed by atoms with E-state index in [4.69, 9.17) is 5.73 Å². The number of nitrogens with one attached hydrogen (secondary N) is 1. The summed E-state index contributed by atoms with van der Waals surface area (Å²) in [5.41, 5.74) is 6.05. The highest BCUT2D eigenvalue weighted by Gasteiger charge is 2.31. The number of hydrogen-bond acceptors (Lipinski definition) is 5. The van der Waals surface area contributed by atoms with E-state index in [2.05, 4.69) is 41.3 Å². The zero-order valence-electron chi connectivity index (χ0n) is 11.7. The number of halogens is 2. The van der Waals surface area contributed by atoms with Gasteiger partial charge in [0.15, 0.2) is 0 Å². The van der Waals surface area contributed by atoms with Crippen LogP contribution in [0.2, 0.25) is 0 Å². The van der Waals surface area contributed by atoms with Gasteiger partial charge in [0.25, 0.3) is 0 Å². The molecule has 0 saturated heterocycles. The van der Waals surface area contributed by atoms with E-state index >= 15 is 0 Å². The fourth-order valence-electron chi connectivity index (χ4n) is 1.65. The molecule has 1 rings (SSSR count). The number of hydrogen-bond donors (Lipinski definition) is 2. The van der Waals surface area contributed by atoms with Crippen molar-refractivity contribution in [1.82, 2.24) is 4.72 Å². The van der Waals surface area contributed by atoms with Gasteiger partial charge in [-0.3, -0.25) is 4.79 Å². The summed E-state index contributed by atoms with van der Waals surface area (Å²) in [6.45, 7) is 3.44. The Morgan fingerprint density at radius 3 is 2.14 bits per heavy atom. The van der Waals surface area contributed by atoms with Crippen LogP contribution in [0.15, 0.2) is 26.0 Å². The number of methoxy groups -OCH3 is 1. The maximum atomic E-state index is 12.5. The highest BCUT2D eigenvalue weighted by atomic mass is 79.9. The third kappa shape index (κ3) is 4.41. The van der Waals surface area contributed by atoms with E-state index in [1.54, 1.807) is 13.8 Å². The maximum Gasteiger partial charge on any atom is 0.324 e. The number of carbonyl (C=O) groups excluding carboxylic acids is 1. The van der Waals surface area contributed by atoms with E-state index in [-0.39, 0.29) is 10.8 Å². The Kier molecular flexibility index (Phi) is 6.21. The van der Waals surface area contributed by atoms with E-state index < -0.39 is 22.0 Å². The number of carbonyl (C=O) groups is 1. The van der Waals surface area contributed by atoms with Crippen LogP contribution in [0.25, 0.3) is 0 Å². The SMILES string of the molecule is COC(=O)C(NS(=O)(=O)c1c(Br)cc(N)cc1Br)C(C)C. The molecule has 1 atom stereocenters. The smallest absolute Gasteiger partial charge is 0.324 e. The average molecular weight is 444 g/mol. The van der Waals surface area contributed by atoms with Crippen molar-refractivity contribution in [1.29, 1.82) is 0 Å². The number of esters is 1. The molecule has 0 aliphatic rings. The summed E-state index contributed by atoms with van der Waals surface area (Å²) in [4.78, 5) is 11.7. The van der Waals surface area contributed by atoms with Crippen molar-refractivity contribution in [3.8, 4) is 0 Å². The lowest BCUT2D eigenvalue weighted by atomic mass is 10.1. The molecule has 3 N–H and O–H groups in total.